The largest absolute Gasteiger partial charge is 0.302 e. The number of likely N-dealkylation sites (tertiary alicyclic amines) is 1. The maximum atomic E-state index is 11.5. The van der Waals surface area contributed by atoms with Crippen LogP contribution in [-0.2, 0) is 11.2 Å². The average Bonchev–Trinajstić information content (AvgIpc) is 2.97. The summed E-state index contributed by atoms with van der Waals surface area (Å²) in [6.45, 7) is 5.41. The van der Waals surface area contributed by atoms with E-state index in [1.807, 2.05) is 0 Å². The Labute approximate surface area is 175 Å². The van der Waals surface area contributed by atoms with Crippen molar-refractivity contribution >= 4 is 28.0 Å². The van der Waals surface area contributed by atoms with Crippen LogP contribution in [0, 0.1) is 11.3 Å². The highest BCUT2D eigenvalue weighted by atomic mass is 35.5. The molecule has 0 radical (unpaired) electrons. The lowest BCUT2D eigenvalue weighted by Gasteiger charge is -2.54. The molecule has 0 amide bonds. The molecule has 2 saturated heterocycles. The number of hydrogen-bond acceptors (Lipinski definition) is 4. The van der Waals surface area contributed by atoms with Crippen molar-refractivity contribution in [2.75, 3.05) is 31.1 Å². The molecule has 1 spiro atoms. The molecule has 0 aromatic heterocycles. The van der Waals surface area contributed by atoms with Gasteiger partial charge in [0.2, 0.25) is 0 Å². The average molecular weight is 426 g/mol. The van der Waals surface area contributed by atoms with Gasteiger partial charge in [-0.15, -0.1) is 0 Å². The van der Waals surface area contributed by atoms with Crippen molar-refractivity contribution in [3.05, 3.63) is 34.3 Å². The highest BCUT2D eigenvalue weighted by Gasteiger charge is 2.51. The molecule has 0 bridgehead atoms. The lowest BCUT2D eigenvalue weighted by molar-refractivity contribution is -0.120. The SMILES string of the molecule is CC(Cc1ccc(C2CCC(=O)CC2)c(Cl)c1)CN1CCC2(C1)CS(O)(O)C2. The molecule has 1 aliphatic carbocycles. The van der Waals surface area contributed by atoms with E-state index in [4.69, 9.17) is 11.6 Å². The van der Waals surface area contributed by atoms with Crippen molar-refractivity contribution < 1.29 is 13.9 Å². The van der Waals surface area contributed by atoms with Gasteiger partial charge in [-0.25, -0.2) is 0 Å². The first kappa shape index (κ1) is 20.7. The number of nitrogens with zero attached hydrogens (tertiary/aromatic N) is 1. The third-order valence-corrected chi connectivity index (χ3v) is 9.27. The van der Waals surface area contributed by atoms with E-state index in [-0.39, 0.29) is 5.41 Å². The Morgan fingerprint density at radius 1 is 1.29 bits per heavy atom. The summed E-state index contributed by atoms with van der Waals surface area (Å²) in [5, 5.41) is 0.851. The van der Waals surface area contributed by atoms with Crippen LogP contribution in [0.3, 0.4) is 0 Å². The van der Waals surface area contributed by atoms with Crippen LogP contribution >= 0.6 is 22.2 Å². The van der Waals surface area contributed by atoms with Gasteiger partial charge in [0.1, 0.15) is 5.78 Å². The van der Waals surface area contributed by atoms with Crippen LogP contribution in [0.2, 0.25) is 5.02 Å². The Morgan fingerprint density at radius 2 is 2.00 bits per heavy atom. The molecule has 28 heavy (non-hydrogen) atoms. The fraction of sp³-hybridized carbons (Fsp3) is 0.682. The molecule has 3 aliphatic rings. The molecule has 1 atom stereocenters. The fourth-order valence-corrected chi connectivity index (χ4v) is 8.25. The lowest BCUT2D eigenvalue weighted by atomic mass is 9.83. The van der Waals surface area contributed by atoms with E-state index in [0.29, 0.717) is 42.0 Å². The van der Waals surface area contributed by atoms with E-state index >= 15 is 0 Å². The molecule has 6 heteroatoms. The number of hydrogen-bond donors (Lipinski definition) is 2. The van der Waals surface area contributed by atoms with Crippen LogP contribution in [0.15, 0.2) is 18.2 Å². The molecule has 4 nitrogen and oxygen atoms in total. The van der Waals surface area contributed by atoms with Gasteiger partial charge in [-0.1, -0.05) is 30.7 Å². The van der Waals surface area contributed by atoms with Crippen molar-refractivity contribution in [2.24, 2.45) is 11.3 Å². The minimum absolute atomic E-state index is 0.172. The van der Waals surface area contributed by atoms with E-state index in [1.54, 1.807) is 0 Å². The zero-order valence-electron chi connectivity index (χ0n) is 16.7. The molecule has 1 saturated carbocycles. The summed E-state index contributed by atoms with van der Waals surface area (Å²) in [6.07, 6.45) is 5.33. The molecule has 3 fully saturated rings. The zero-order valence-corrected chi connectivity index (χ0v) is 18.3. The first-order valence-electron chi connectivity index (χ1n) is 10.5. The molecule has 1 aromatic carbocycles. The minimum Gasteiger partial charge on any atom is -0.302 e. The number of carbonyl (C=O) groups excluding carboxylic acids is 1. The Bertz CT molecular complexity index is 735. The van der Waals surface area contributed by atoms with Gasteiger partial charge in [0.15, 0.2) is 0 Å². The quantitative estimate of drug-likeness (QED) is 0.680. The van der Waals surface area contributed by atoms with E-state index in [9.17, 15) is 13.9 Å². The second kappa shape index (κ2) is 7.92. The molecular formula is C22H32ClNO3S. The number of Topliss-reactive ketones (excluding diaryl/α,β-unsaturated/α-hetero) is 1. The number of rotatable bonds is 5. The van der Waals surface area contributed by atoms with Gasteiger partial charge in [0, 0.05) is 47.9 Å². The van der Waals surface area contributed by atoms with Crippen molar-refractivity contribution in [1.82, 2.24) is 4.90 Å². The van der Waals surface area contributed by atoms with Crippen molar-refractivity contribution in [3.63, 3.8) is 0 Å². The maximum Gasteiger partial charge on any atom is 0.132 e. The third-order valence-electron chi connectivity index (χ3n) is 6.79. The fourth-order valence-electron chi connectivity index (χ4n) is 5.54. The first-order valence-corrected chi connectivity index (χ1v) is 12.8. The van der Waals surface area contributed by atoms with E-state index in [2.05, 4.69) is 30.0 Å². The van der Waals surface area contributed by atoms with Crippen LogP contribution in [0.5, 0.6) is 0 Å². The van der Waals surface area contributed by atoms with Crippen LogP contribution in [0.4, 0.5) is 0 Å². The minimum atomic E-state index is -2.26. The number of benzene rings is 1. The number of halogens is 1. The van der Waals surface area contributed by atoms with Crippen molar-refractivity contribution in [2.45, 2.75) is 51.4 Å². The van der Waals surface area contributed by atoms with Crippen molar-refractivity contribution in [3.8, 4) is 0 Å². The maximum absolute atomic E-state index is 11.5. The molecule has 2 aliphatic heterocycles. The molecular weight excluding hydrogens is 394 g/mol. The predicted octanol–water partition coefficient (Wildman–Crippen LogP) is 5.20. The summed E-state index contributed by atoms with van der Waals surface area (Å²) >= 11 is 6.60. The first-order chi connectivity index (χ1) is 13.2. The highest BCUT2D eigenvalue weighted by molar-refractivity contribution is 8.25. The van der Waals surface area contributed by atoms with Gasteiger partial charge in [-0.3, -0.25) is 13.9 Å². The van der Waals surface area contributed by atoms with Gasteiger partial charge in [0.05, 0.1) is 0 Å². The molecule has 1 unspecified atom stereocenters. The molecule has 156 valence electrons. The van der Waals surface area contributed by atoms with Gasteiger partial charge in [-0.05, 0) is 61.3 Å². The van der Waals surface area contributed by atoms with Crippen molar-refractivity contribution in [1.29, 1.82) is 0 Å². The molecule has 1 aromatic rings. The summed E-state index contributed by atoms with van der Waals surface area (Å²) in [4.78, 5) is 14.0. The van der Waals surface area contributed by atoms with Gasteiger partial charge in [0.25, 0.3) is 0 Å². The van der Waals surface area contributed by atoms with Crippen LogP contribution in [0.1, 0.15) is 56.1 Å². The molecule has 2 N–H and O–H groups in total. The van der Waals surface area contributed by atoms with Gasteiger partial charge in [-0.2, -0.15) is 10.6 Å². The van der Waals surface area contributed by atoms with Crippen LogP contribution < -0.4 is 0 Å². The second-order valence-corrected chi connectivity index (χ2v) is 12.1. The predicted molar refractivity (Wildman–Crippen MR) is 117 cm³/mol. The summed E-state index contributed by atoms with van der Waals surface area (Å²) in [7, 11) is -2.26. The van der Waals surface area contributed by atoms with E-state index in [0.717, 1.165) is 50.3 Å². The van der Waals surface area contributed by atoms with Gasteiger partial charge < -0.3 is 4.90 Å². The Morgan fingerprint density at radius 3 is 2.64 bits per heavy atom. The van der Waals surface area contributed by atoms with E-state index in [1.165, 1.54) is 11.1 Å². The highest BCUT2D eigenvalue weighted by Crippen LogP contribution is 2.61. The van der Waals surface area contributed by atoms with Crippen LogP contribution in [0.25, 0.3) is 0 Å². The normalized spacial score (nSPS) is 26.9. The monoisotopic (exact) mass is 425 g/mol. The molecule has 2 heterocycles. The third kappa shape index (κ3) is 4.59. The molecule has 4 rings (SSSR count). The Balaban J connectivity index is 1.29. The summed E-state index contributed by atoms with van der Waals surface area (Å²) in [6, 6.07) is 6.51. The summed E-state index contributed by atoms with van der Waals surface area (Å²) < 4.78 is 19.5. The number of ketones is 1. The van der Waals surface area contributed by atoms with Crippen LogP contribution in [-0.4, -0.2) is 50.9 Å². The Hall–Kier alpha value is -0.590. The lowest BCUT2D eigenvalue weighted by Crippen LogP contribution is -2.47. The zero-order chi connectivity index (χ0) is 19.9. The topological polar surface area (TPSA) is 60.8 Å². The Kier molecular flexibility index (Phi) is 5.85. The smallest absolute Gasteiger partial charge is 0.132 e. The second-order valence-electron chi connectivity index (χ2n) is 9.55. The van der Waals surface area contributed by atoms with Gasteiger partial charge >= 0.3 is 0 Å². The summed E-state index contributed by atoms with van der Waals surface area (Å²) in [5.41, 5.74) is 2.65. The number of carbonyl (C=O) groups is 1. The standard InChI is InChI=1S/C22H32ClNO3S/c1-16(12-24-9-8-22(13-24)14-28(26,27)15-22)10-17-2-7-20(21(23)11-17)18-3-5-19(25)6-4-18/h2,7,11,16,18,26-27H,3-6,8-10,12-15H2,1H3. The summed E-state index contributed by atoms with van der Waals surface area (Å²) in [5.74, 6) is 2.55. The van der Waals surface area contributed by atoms with E-state index < -0.39 is 10.6 Å².